The first kappa shape index (κ1) is 15.9. The predicted octanol–water partition coefficient (Wildman–Crippen LogP) is 4.47. The van der Waals surface area contributed by atoms with Crippen LogP contribution >= 0.6 is 24.2 Å². The molecule has 0 spiro atoms. The molecule has 0 radical (unpaired) electrons. The lowest BCUT2D eigenvalue weighted by atomic mass is 10.1. The summed E-state index contributed by atoms with van der Waals surface area (Å²) in [6.45, 7) is 6.27. The second-order valence-corrected chi connectivity index (χ2v) is 6.44. The van der Waals surface area contributed by atoms with Gasteiger partial charge in [-0.1, -0.05) is 31.5 Å². The molecule has 1 aromatic rings. The largest absolute Gasteiger partial charge is 0.303 e. The van der Waals surface area contributed by atoms with Gasteiger partial charge in [-0.3, -0.25) is 0 Å². The first-order valence-corrected chi connectivity index (χ1v) is 7.66. The van der Waals surface area contributed by atoms with E-state index in [4.69, 9.17) is 0 Å². The van der Waals surface area contributed by atoms with E-state index < -0.39 is 0 Å². The minimum Gasteiger partial charge on any atom is -0.303 e. The fourth-order valence-electron chi connectivity index (χ4n) is 2.34. The molecule has 18 heavy (non-hydrogen) atoms. The molecule has 3 heteroatoms. The van der Waals surface area contributed by atoms with Gasteiger partial charge in [-0.2, -0.15) is 0 Å². The van der Waals surface area contributed by atoms with Crippen molar-refractivity contribution in [3.8, 4) is 0 Å². The van der Waals surface area contributed by atoms with E-state index in [1.165, 1.54) is 50.2 Å². The van der Waals surface area contributed by atoms with Crippen molar-refractivity contribution < 1.29 is 0 Å². The molecular weight excluding hydrogens is 262 g/mol. The van der Waals surface area contributed by atoms with Crippen LogP contribution in [-0.4, -0.2) is 29.8 Å². The third kappa shape index (κ3) is 5.64. The first-order chi connectivity index (χ1) is 8.34. The third-order valence-electron chi connectivity index (χ3n) is 3.38. The predicted molar refractivity (Wildman–Crippen MR) is 83.9 cm³/mol. The van der Waals surface area contributed by atoms with Crippen LogP contribution in [0.25, 0.3) is 0 Å². The maximum atomic E-state index is 2.63. The van der Waals surface area contributed by atoms with Gasteiger partial charge in [0.15, 0.2) is 0 Å². The molecule has 0 bridgehead atoms. The topological polar surface area (TPSA) is 3.24 Å². The summed E-state index contributed by atoms with van der Waals surface area (Å²) in [7, 11) is 0. The minimum atomic E-state index is 0. The van der Waals surface area contributed by atoms with Crippen molar-refractivity contribution in [2.45, 2.75) is 42.8 Å². The Balaban J connectivity index is 0.00000162. The Morgan fingerprint density at radius 3 is 2.44 bits per heavy atom. The third-order valence-corrected chi connectivity index (χ3v) is 4.56. The van der Waals surface area contributed by atoms with E-state index in [1.807, 2.05) is 11.8 Å². The van der Waals surface area contributed by atoms with Crippen LogP contribution < -0.4 is 0 Å². The zero-order valence-corrected chi connectivity index (χ0v) is 12.8. The molecule has 1 heterocycles. The Kier molecular flexibility index (Phi) is 7.80. The van der Waals surface area contributed by atoms with Crippen LogP contribution in [0.1, 0.15) is 32.6 Å². The van der Waals surface area contributed by atoms with Gasteiger partial charge in [0.05, 0.1) is 0 Å². The number of likely N-dealkylation sites (tertiary alicyclic amines) is 1. The highest BCUT2D eigenvalue weighted by molar-refractivity contribution is 7.99. The van der Waals surface area contributed by atoms with Crippen LogP contribution in [0.4, 0.5) is 0 Å². The molecule has 1 atom stereocenters. The zero-order valence-electron chi connectivity index (χ0n) is 11.2. The first-order valence-electron chi connectivity index (χ1n) is 6.78. The molecule has 1 unspecified atom stereocenters. The molecule has 2 rings (SSSR count). The molecule has 1 aromatic carbocycles. The van der Waals surface area contributed by atoms with Gasteiger partial charge in [0.1, 0.15) is 0 Å². The molecule has 0 amide bonds. The van der Waals surface area contributed by atoms with Crippen LogP contribution in [-0.2, 0) is 0 Å². The van der Waals surface area contributed by atoms with Gasteiger partial charge in [-0.25, -0.2) is 0 Å². The second kappa shape index (κ2) is 8.84. The van der Waals surface area contributed by atoms with Crippen molar-refractivity contribution in [3.63, 3.8) is 0 Å². The summed E-state index contributed by atoms with van der Waals surface area (Å²) in [6.07, 6.45) is 5.55. The standard InChI is InChI=1S/C15H23NS.ClH/c1-14(17-15-8-4-2-5-9-15)10-13-16-11-6-3-7-12-16;/h2,4-5,8-9,14H,3,6-7,10-13H2,1H3;1H. The quantitative estimate of drug-likeness (QED) is 0.735. The number of hydrogen-bond acceptors (Lipinski definition) is 2. The highest BCUT2D eigenvalue weighted by atomic mass is 35.5. The monoisotopic (exact) mass is 285 g/mol. The average molecular weight is 286 g/mol. The molecule has 1 nitrogen and oxygen atoms in total. The smallest absolute Gasteiger partial charge is 0.00782 e. The normalized spacial score (nSPS) is 18.1. The number of hydrogen-bond donors (Lipinski definition) is 0. The van der Waals surface area contributed by atoms with E-state index in [0.717, 1.165) is 5.25 Å². The fraction of sp³-hybridized carbons (Fsp3) is 0.600. The molecular formula is C15H24ClNS. The summed E-state index contributed by atoms with van der Waals surface area (Å²) in [4.78, 5) is 4.03. The lowest BCUT2D eigenvalue weighted by Crippen LogP contribution is -2.31. The van der Waals surface area contributed by atoms with E-state index in [1.54, 1.807) is 0 Å². The maximum absolute atomic E-state index is 2.63. The van der Waals surface area contributed by atoms with E-state index in [-0.39, 0.29) is 12.4 Å². The van der Waals surface area contributed by atoms with Crippen molar-refractivity contribution in [2.24, 2.45) is 0 Å². The van der Waals surface area contributed by atoms with Crippen molar-refractivity contribution in [2.75, 3.05) is 19.6 Å². The molecule has 1 fully saturated rings. The number of piperidine rings is 1. The summed E-state index contributed by atoms with van der Waals surface area (Å²) in [6, 6.07) is 10.8. The molecule has 0 aliphatic carbocycles. The molecule has 0 N–H and O–H groups in total. The van der Waals surface area contributed by atoms with Crippen LogP contribution in [0.15, 0.2) is 35.2 Å². The lowest BCUT2D eigenvalue weighted by Gasteiger charge is -2.27. The Hall–Kier alpha value is -0.180. The zero-order chi connectivity index (χ0) is 11.9. The molecule has 0 saturated carbocycles. The lowest BCUT2D eigenvalue weighted by molar-refractivity contribution is 0.226. The van der Waals surface area contributed by atoms with Gasteiger partial charge in [0.2, 0.25) is 0 Å². The van der Waals surface area contributed by atoms with Crippen LogP contribution in [0.3, 0.4) is 0 Å². The van der Waals surface area contributed by atoms with E-state index in [2.05, 4.69) is 42.2 Å². The van der Waals surface area contributed by atoms with Crippen LogP contribution in [0.5, 0.6) is 0 Å². The number of benzene rings is 1. The number of halogens is 1. The summed E-state index contributed by atoms with van der Waals surface area (Å²) in [5.41, 5.74) is 0. The van der Waals surface area contributed by atoms with E-state index in [0.29, 0.717) is 0 Å². The van der Waals surface area contributed by atoms with Crippen LogP contribution in [0.2, 0.25) is 0 Å². The van der Waals surface area contributed by atoms with Gasteiger partial charge in [0, 0.05) is 10.1 Å². The average Bonchev–Trinajstić information content (AvgIpc) is 2.39. The second-order valence-electron chi connectivity index (χ2n) is 4.93. The van der Waals surface area contributed by atoms with Gasteiger partial charge in [0.25, 0.3) is 0 Å². The Bertz CT molecular complexity index is 312. The SMILES string of the molecule is CC(CCN1CCCCC1)Sc1ccccc1.Cl. The summed E-state index contributed by atoms with van der Waals surface area (Å²) in [5.74, 6) is 0. The summed E-state index contributed by atoms with van der Waals surface area (Å²) < 4.78 is 0. The van der Waals surface area contributed by atoms with Gasteiger partial charge >= 0.3 is 0 Å². The van der Waals surface area contributed by atoms with E-state index >= 15 is 0 Å². The van der Waals surface area contributed by atoms with Crippen molar-refractivity contribution in [1.82, 2.24) is 4.90 Å². The molecule has 1 aliphatic heterocycles. The number of nitrogens with zero attached hydrogens (tertiary/aromatic N) is 1. The summed E-state index contributed by atoms with van der Waals surface area (Å²) >= 11 is 2.01. The molecule has 1 saturated heterocycles. The Morgan fingerprint density at radius 2 is 1.78 bits per heavy atom. The van der Waals surface area contributed by atoms with E-state index in [9.17, 15) is 0 Å². The Labute approximate surface area is 122 Å². The molecule has 1 aliphatic rings. The van der Waals surface area contributed by atoms with Crippen molar-refractivity contribution in [1.29, 1.82) is 0 Å². The van der Waals surface area contributed by atoms with Crippen molar-refractivity contribution in [3.05, 3.63) is 30.3 Å². The van der Waals surface area contributed by atoms with Gasteiger partial charge in [-0.05, 0) is 51.0 Å². The van der Waals surface area contributed by atoms with Crippen molar-refractivity contribution >= 4 is 24.2 Å². The Morgan fingerprint density at radius 1 is 1.11 bits per heavy atom. The minimum absolute atomic E-state index is 0. The number of rotatable bonds is 5. The van der Waals surface area contributed by atoms with Crippen LogP contribution in [0, 0.1) is 0 Å². The molecule has 0 aromatic heterocycles. The summed E-state index contributed by atoms with van der Waals surface area (Å²) in [5, 5.41) is 0.722. The fourth-order valence-corrected chi connectivity index (χ4v) is 3.34. The molecule has 102 valence electrons. The van der Waals surface area contributed by atoms with Gasteiger partial charge < -0.3 is 4.90 Å². The van der Waals surface area contributed by atoms with Gasteiger partial charge in [-0.15, -0.1) is 24.2 Å². The number of thioether (sulfide) groups is 1. The maximum Gasteiger partial charge on any atom is 0.00782 e. The highest BCUT2D eigenvalue weighted by Gasteiger charge is 2.11. The highest BCUT2D eigenvalue weighted by Crippen LogP contribution is 2.25.